The molecule has 5 rings (SSSR count). The van der Waals surface area contributed by atoms with E-state index >= 15 is 0 Å². The molecule has 0 aliphatic carbocycles. The molecular weight excluding hydrogens is 517 g/mol. The van der Waals surface area contributed by atoms with Crippen LogP contribution in [0.2, 0.25) is 5.02 Å². The number of halogens is 4. The first-order valence-electron chi connectivity index (χ1n) is 11.3. The SMILES string of the molecule is O=C(Nc1cccc(-c2cnc3c(NC(=O)c4ccccc4)cccn23)c1)c1ccc(Cl)c(C(F)(F)F)c1. The molecule has 3 aromatic carbocycles. The summed E-state index contributed by atoms with van der Waals surface area (Å²) in [4.78, 5) is 29.8. The van der Waals surface area contributed by atoms with Crippen molar-refractivity contribution in [2.24, 2.45) is 0 Å². The molecule has 0 saturated carbocycles. The third-order valence-electron chi connectivity index (χ3n) is 5.77. The van der Waals surface area contributed by atoms with Crippen LogP contribution in [-0.2, 0) is 6.18 Å². The average molecular weight is 535 g/mol. The topological polar surface area (TPSA) is 75.5 Å². The molecule has 2 heterocycles. The Balaban J connectivity index is 1.40. The van der Waals surface area contributed by atoms with E-state index in [0.29, 0.717) is 33.8 Å². The Morgan fingerprint density at radius 1 is 0.816 bits per heavy atom. The van der Waals surface area contributed by atoms with Gasteiger partial charge in [-0.25, -0.2) is 4.98 Å². The number of nitrogens with one attached hydrogen (secondary N) is 2. The second-order valence-corrected chi connectivity index (χ2v) is 8.71. The normalized spacial score (nSPS) is 11.4. The van der Waals surface area contributed by atoms with Gasteiger partial charge in [-0.05, 0) is 54.6 Å². The largest absolute Gasteiger partial charge is 0.417 e. The van der Waals surface area contributed by atoms with Gasteiger partial charge in [0.15, 0.2) is 5.65 Å². The van der Waals surface area contributed by atoms with E-state index in [1.165, 1.54) is 6.07 Å². The molecule has 0 radical (unpaired) electrons. The van der Waals surface area contributed by atoms with Crippen molar-refractivity contribution in [2.75, 3.05) is 10.6 Å². The quantitative estimate of drug-likeness (QED) is 0.251. The van der Waals surface area contributed by atoms with Crippen molar-refractivity contribution in [1.29, 1.82) is 0 Å². The zero-order valence-corrected chi connectivity index (χ0v) is 20.2. The Labute approximate surface area is 219 Å². The summed E-state index contributed by atoms with van der Waals surface area (Å²) in [6, 6.07) is 22.1. The standard InChI is InChI=1S/C28H18ClF3N4O2/c29-22-12-11-19(15-21(22)28(30,31)32)27(38)34-20-9-4-8-18(14-20)24-16-33-25-23(10-5-13-36(24)25)35-26(37)17-6-2-1-3-7-17/h1-16H,(H,34,38)(H,35,37). The van der Waals surface area contributed by atoms with E-state index in [9.17, 15) is 22.8 Å². The smallest absolute Gasteiger partial charge is 0.322 e. The second kappa shape index (κ2) is 10.0. The van der Waals surface area contributed by atoms with E-state index in [2.05, 4.69) is 15.6 Å². The van der Waals surface area contributed by atoms with Gasteiger partial charge in [0, 0.05) is 28.6 Å². The van der Waals surface area contributed by atoms with Crippen LogP contribution < -0.4 is 10.6 Å². The van der Waals surface area contributed by atoms with E-state index in [1.54, 1.807) is 77.5 Å². The zero-order valence-electron chi connectivity index (χ0n) is 19.5. The molecule has 10 heteroatoms. The first kappa shape index (κ1) is 25.0. The highest BCUT2D eigenvalue weighted by atomic mass is 35.5. The number of anilines is 2. The van der Waals surface area contributed by atoms with Crippen molar-refractivity contribution >= 4 is 40.4 Å². The van der Waals surface area contributed by atoms with Gasteiger partial charge in [0.05, 0.1) is 28.2 Å². The number of aromatic nitrogens is 2. The predicted octanol–water partition coefficient (Wildman–Crippen LogP) is 7.18. The van der Waals surface area contributed by atoms with E-state index in [1.807, 2.05) is 6.07 Å². The maximum absolute atomic E-state index is 13.2. The van der Waals surface area contributed by atoms with E-state index in [-0.39, 0.29) is 11.5 Å². The van der Waals surface area contributed by atoms with Crippen LogP contribution in [0.1, 0.15) is 26.3 Å². The van der Waals surface area contributed by atoms with Gasteiger partial charge in [0.1, 0.15) is 0 Å². The van der Waals surface area contributed by atoms with Gasteiger partial charge in [-0.15, -0.1) is 0 Å². The number of pyridine rings is 1. The number of fused-ring (bicyclic) bond motifs is 1. The zero-order chi connectivity index (χ0) is 26.9. The van der Waals surface area contributed by atoms with Crippen molar-refractivity contribution in [3.63, 3.8) is 0 Å². The molecule has 2 amide bonds. The Morgan fingerprint density at radius 2 is 1.58 bits per heavy atom. The van der Waals surface area contributed by atoms with Crippen LogP contribution >= 0.6 is 11.6 Å². The summed E-state index contributed by atoms with van der Waals surface area (Å²) in [5, 5.41) is 5.01. The van der Waals surface area contributed by atoms with E-state index in [0.717, 1.165) is 12.1 Å². The highest BCUT2D eigenvalue weighted by molar-refractivity contribution is 6.31. The minimum Gasteiger partial charge on any atom is -0.322 e. The summed E-state index contributed by atoms with van der Waals surface area (Å²) in [6.45, 7) is 0. The maximum Gasteiger partial charge on any atom is 0.417 e. The maximum atomic E-state index is 13.2. The molecule has 6 nitrogen and oxygen atoms in total. The van der Waals surface area contributed by atoms with Crippen LogP contribution in [0.15, 0.2) is 97.3 Å². The van der Waals surface area contributed by atoms with Gasteiger partial charge in [-0.2, -0.15) is 13.2 Å². The molecule has 0 fully saturated rings. The van der Waals surface area contributed by atoms with Crippen LogP contribution in [0, 0.1) is 0 Å². The van der Waals surface area contributed by atoms with Crippen LogP contribution in [0.5, 0.6) is 0 Å². The molecule has 0 aliphatic heterocycles. The summed E-state index contributed by atoms with van der Waals surface area (Å²) >= 11 is 5.66. The Morgan fingerprint density at radius 3 is 2.34 bits per heavy atom. The lowest BCUT2D eigenvalue weighted by atomic mass is 10.1. The molecule has 190 valence electrons. The molecule has 0 atom stereocenters. The predicted molar refractivity (Wildman–Crippen MR) is 139 cm³/mol. The number of hydrogen-bond acceptors (Lipinski definition) is 3. The molecule has 2 N–H and O–H groups in total. The first-order valence-corrected chi connectivity index (χ1v) is 11.7. The van der Waals surface area contributed by atoms with Crippen LogP contribution in [0.4, 0.5) is 24.5 Å². The fraction of sp³-hybridized carbons (Fsp3) is 0.0357. The molecule has 2 aromatic heterocycles. The van der Waals surface area contributed by atoms with Gasteiger partial charge in [-0.3, -0.25) is 14.0 Å². The number of amides is 2. The van der Waals surface area contributed by atoms with Crippen LogP contribution in [0.3, 0.4) is 0 Å². The van der Waals surface area contributed by atoms with Crippen molar-refractivity contribution in [3.8, 4) is 11.3 Å². The fourth-order valence-electron chi connectivity index (χ4n) is 3.95. The lowest BCUT2D eigenvalue weighted by molar-refractivity contribution is -0.137. The number of benzene rings is 3. The lowest BCUT2D eigenvalue weighted by Crippen LogP contribution is -2.14. The number of hydrogen-bond donors (Lipinski definition) is 2. The third-order valence-corrected chi connectivity index (χ3v) is 6.10. The van der Waals surface area contributed by atoms with Crippen molar-refractivity contribution in [2.45, 2.75) is 6.18 Å². The Hall–Kier alpha value is -4.63. The highest BCUT2D eigenvalue weighted by Crippen LogP contribution is 2.35. The molecule has 0 saturated heterocycles. The molecule has 0 bridgehead atoms. The third kappa shape index (κ3) is 5.09. The molecule has 0 aliphatic rings. The van der Waals surface area contributed by atoms with Crippen molar-refractivity contribution in [3.05, 3.63) is 119 Å². The fourth-order valence-corrected chi connectivity index (χ4v) is 4.17. The first-order chi connectivity index (χ1) is 18.2. The highest BCUT2D eigenvalue weighted by Gasteiger charge is 2.33. The summed E-state index contributed by atoms with van der Waals surface area (Å²) in [5.41, 5.74) is 2.02. The number of carbonyl (C=O) groups excluding carboxylic acids is 2. The molecule has 0 unspecified atom stereocenters. The van der Waals surface area contributed by atoms with Gasteiger partial charge in [0.2, 0.25) is 0 Å². The Kier molecular flexibility index (Phi) is 6.61. The second-order valence-electron chi connectivity index (χ2n) is 8.31. The summed E-state index contributed by atoms with van der Waals surface area (Å²) in [6.07, 6.45) is -1.27. The number of alkyl halides is 3. The van der Waals surface area contributed by atoms with Gasteiger partial charge < -0.3 is 10.6 Å². The summed E-state index contributed by atoms with van der Waals surface area (Å²) in [7, 11) is 0. The van der Waals surface area contributed by atoms with E-state index in [4.69, 9.17) is 11.6 Å². The minimum absolute atomic E-state index is 0.180. The van der Waals surface area contributed by atoms with Crippen molar-refractivity contribution < 1.29 is 22.8 Å². The average Bonchev–Trinajstić information content (AvgIpc) is 3.34. The molecule has 38 heavy (non-hydrogen) atoms. The summed E-state index contributed by atoms with van der Waals surface area (Å²) in [5.74, 6) is -0.989. The Bertz CT molecular complexity index is 1670. The van der Waals surface area contributed by atoms with Gasteiger partial charge in [0.25, 0.3) is 11.8 Å². The monoisotopic (exact) mass is 534 g/mol. The lowest BCUT2D eigenvalue weighted by Gasteiger charge is -2.12. The van der Waals surface area contributed by atoms with Gasteiger partial charge in [-0.1, -0.05) is 41.9 Å². The van der Waals surface area contributed by atoms with Crippen molar-refractivity contribution in [1.82, 2.24) is 9.38 Å². The minimum atomic E-state index is -4.68. The number of nitrogens with zero attached hydrogens (tertiary/aromatic N) is 2. The summed E-state index contributed by atoms with van der Waals surface area (Å²) < 4.78 is 41.4. The van der Waals surface area contributed by atoms with Crippen LogP contribution in [-0.4, -0.2) is 21.2 Å². The van der Waals surface area contributed by atoms with Crippen LogP contribution in [0.25, 0.3) is 16.9 Å². The number of rotatable bonds is 5. The number of carbonyl (C=O) groups is 2. The van der Waals surface area contributed by atoms with E-state index < -0.39 is 22.7 Å². The van der Waals surface area contributed by atoms with Gasteiger partial charge >= 0.3 is 6.18 Å². The number of imidazole rings is 1. The molecular formula is C28H18ClF3N4O2. The molecule has 5 aromatic rings. The molecule has 0 spiro atoms.